The number of hydrogen-bond donors (Lipinski definition) is 2. The molecule has 1 fully saturated rings. The quantitative estimate of drug-likeness (QED) is 0.413. The maximum absolute atomic E-state index is 14.9. The summed E-state index contributed by atoms with van der Waals surface area (Å²) in [5.41, 5.74) is 4.79. The van der Waals surface area contributed by atoms with Gasteiger partial charge in [0.05, 0.1) is 16.9 Å². The number of nitrogens with zero attached hydrogens (tertiary/aromatic N) is 5. The van der Waals surface area contributed by atoms with Crippen LogP contribution in [0.2, 0.25) is 0 Å². The fraction of sp³-hybridized carbons (Fsp3) is 0.308. The minimum atomic E-state index is -1.71. The van der Waals surface area contributed by atoms with Gasteiger partial charge in [0.1, 0.15) is 22.7 Å². The summed E-state index contributed by atoms with van der Waals surface area (Å²) >= 11 is 0. The number of rotatable bonds is 5. The third-order valence-electron chi connectivity index (χ3n) is 6.53. The lowest BCUT2D eigenvalue weighted by Crippen LogP contribution is -2.28. The van der Waals surface area contributed by atoms with Crippen LogP contribution in [-0.4, -0.2) is 44.4 Å². The van der Waals surface area contributed by atoms with E-state index >= 15 is 0 Å². The van der Waals surface area contributed by atoms with Crippen LogP contribution in [0.1, 0.15) is 36.6 Å². The highest BCUT2D eigenvalue weighted by Crippen LogP contribution is 2.38. The van der Waals surface area contributed by atoms with E-state index in [9.17, 15) is 22.8 Å². The predicted octanol–water partition coefficient (Wildman–Crippen LogP) is 3.39. The number of amides is 1. The molecule has 12 heteroatoms. The third kappa shape index (κ3) is 4.40. The van der Waals surface area contributed by atoms with E-state index < -0.39 is 34.5 Å². The molecule has 0 aliphatic carbocycles. The highest BCUT2D eigenvalue weighted by atomic mass is 19.1. The van der Waals surface area contributed by atoms with Gasteiger partial charge in [-0.3, -0.25) is 9.59 Å². The molecule has 0 spiro atoms. The number of benzene rings is 2. The average molecular weight is 526 g/mol. The van der Waals surface area contributed by atoms with E-state index in [0.29, 0.717) is 40.2 Å². The number of aryl methyl sites for hydroxylation is 1. The van der Waals surface area contributed by atoms with Crippen LogP contribution in [0.5, 0.6) is 0 Å². The lowest BCUT2D eigenvalue weighted by Gasteiger charge is -2.22. The zero-order chi connectivity index (χ0) is 27.4. The molecule has 1 amide bonds. The molecule has 3 heterocycles. The average Bonchev–Trinajstić information content (AvgIpc) is 3.43. The number of halogens is 3. The number of para-hydroxylation sites is 1. The molecule has 1 atom stereocenters. The Bertz CT molecular complexity index is 1600. The molecule has 1 aliphatic heterocycles. The fourth-order valence-corrected chi connectivity index (χ4v) is 4.76. The van der Waals surface area contributed by atoms with Crippen LogP contribution >= 0.6 is 0 Å². The second kappa shape index (κ2) is 9.28. The van der Waals surface area contributed by atoms with Gasteiger partial charge in [0.2, 0.25) is 0 Å². The standard InChI is InChI=1S/C26H26F3N7O2/c1-26(2,29)25-32-21-19(34(25)3)9-7-17(23(21)35-12-11-14(30)13-35)31-24(38)18-8-10-20(37)36(33-18)22-15(27)5-4-6-16(22)28/h4-10,14H,11-13,30H2,1-3H3,(H,31,38)/t14-/m1/s1. The maximum atomic E-state index is 14.9. The lowest BCUT2D eigenvalue weighted by molar-refractivity contribution is 0.102. The van der Waals surface area contributed by atoms with Gasteiger partial charge in [0, 0.05) is 32.2 Å². The van der Waals surface area contributed by atoms with Crippen molar-refractivity contribution in [2.45, 2.75) is 32.0 Å². The number of alkyl halides is 1. The first kappa shape index (κ1) is 25.5. The highest BCUT2D eigenvalue weighted by molar-refractivity contribution is 6.08. The van der Waals surface area contributed by atoms with Crippen molar-refractivity contribution in [2.24, 2.45) is 12.8 Å². The van der Waals surface area contributed by atoms with Crippen LogP contribution in [0.25, 0.3) is 16.7 Å². The summed E-state index contributed by atoms with van der Waals surface area (Å²) in [7, 11) is 1.72. The molecular weight excluding hydrogens is 499 g/mol. The molecule has 198 valence electrons. The summed E-state index contributed by atoms with van der Waals surface area (Å²) in [6, 6.07) is 8.61. The number of imidazole rings is 1. The number of anilines is 2. The zero-order valence-electron chi connectivity index (χ0n) is 21.0. The van der Waals surface area contributed by atoms with E-state index in [0.717, 1.165) is 30.7 Å². The highest BCUT2D eigenvalue weighted by Gasteiger charge is 2.30. The van der Waals surface area contributed by atoms with Gasteiger partial charge in [-0.05, 0) is 50.6 Å². The summed E-state index contributed by atoms with van der Waals surface area (Å²) in [5, 5.41) is 6.70. The number of carbonyl (C=O) groups excluding carboxylic acids is 1. The summed E-state index contributed by atoms with van der Waals surface area (Å²) in [6.07, 6.45) is 0.721. The third-order valence-corrected chi connectivity index (χ3v) is 6.53. The van der Waals surface area contributed by atoms with Crippen molar-refractivity contribution in [3.05, 3.63) is 76.0 Å². The van der Waals surface area contributed by atoms with Gasteiger partial charge in [-0.15, -0.1) is 0 Å². The SMILES string of the molecule is Cn1c(C(C)(C)F)nc2c(N3CC[C@@H](N)C3)c(NC(=O)c3ccc(=O)n(-c4c(F)cccc4F)n3)ccc21. The van der Waals surface area contributed by atoms with Crippen LogP contribution in [0.4, 0.5) is 24.5 Å². The Morgan fingerprint density at radius 2 is 1.82 bits per heavy atom. The van der Waals surface area contributed by atoms with Gasteiger partial charge >= 0.3 is 0 Å². The number of nitrogens with one attached hydrogen (secondary N) is 1. The molecule has 0 radical (unpaired) electrons. The smallest absolute Gasteiger partial charge is 0.276 e. The largest absolute Gasteiger partial charge is 0.366 e. The molecular formula is C26H26F3N7O2. The normalized spacial score (nSPS) is 15.9. The molecule has 38 heavy (non-hydrogen) atoms. The Labute approximate surface area is 215 Å². The first-order valence-corrected chi connectivity index (χ1v) is 12.0. The Kier molecular flexibility index (Phi) is 6.22. The van der Waals surface area contributed by atoms with Crippen LogP contribution in [0.3, 0.4) is 0 Å². The van der Waals surface area contributed by atoms with E-state index in [1.807, 2.05) is 4.90 Å². The van der Waals surface area contributed by atoms with Gasteiger partial charge in [0.15, 0.2) is 17.3 Å². The summed E-state index contributed by atoms with van der Waals surface area (Å²) in [5.74, 6) is -2.50. The van der Waals surface area contributed by atoms with Crippen molar-refractivity contribution in [3.8, 4) is 5.69 Å². The number of nitrogens with two attached hydrogens (primary N) is 1. The van der Waals surface area contributed by atoms with E-state index in [1.54, 1.807) is 23.7 Å². The number of aromatic nitrogens is 4. The van der Waals surface area contributed by atoms with Crippen molar-refractivity contribution in [3.63, 3.8) is 0 Å². The Morgan fingerprint density at radius 3 is 2.45 bits per heavy atom. The topological polar surface area (TPSA) is 111 Å². The maximum Gasteiger partial charge on any atom is 0.276 e. The van der Waals surface area contributed by atoms with Crippen molar-refractivity contribution in [2.75, 3.05) is 23.3 Å². The Balaban J connectivity index is 1.59. The molecule has 3 N–H and O–H groups in total. The van der Waals surface area contributed by atoms with Crippen LogP contribution in [0, 0.1) is 11.6 Å². The first-order chi connectivity index (χ1) is 18.0. The van der Waals surface area contributed by atoms with E-state index in [4.69, 9.17) is 5.73 Å². The molecule has 0 unspecified atom stereocenters. The van der Waals surface area contributed by atoms with Gasteiger partial charge < -0.3 is 20.5 Å². The molecule has 1 aliphatic rings. The molecule has 4 aromatic rings. The van der Waals surface area contributed by atoms with E-state index in [2.05, 4.69) is 15.4 Å². The van der Waals surface area contributed by atoms with Gasteiger partial charge in [-0.25, -0.2) is 18.2 Å². The molecule has 0 bridgehead atoms. The number of fused-ring (bicyclic) bond motifs is 1. The first-order valence-electron chi connectivity index (χ1n) is 12.0. The minimum Gasteiger partial charge on any atom is -0.366 e. The Hall–Kier alpha value is -4.19. The van der Waals surface area contributed by atoms with Gasteiger partial charge in [-0.1, -0.05) is 6.07 Å². The monoisotopic (exact) mass is 525 g/mol. The molecule has 0 saturated carbocycles. The fourth-order valence-electron chi connectivity index (χ4n) is 4.76. The molecule has 9 nitrogen and oxygen atoms in total. The zero-order valence-corrected chi connectivity index (χ0v) is 21.0. The predicted molar refractivity (Wildman–Crippen MR) is 137 cm³/mol. The van der Waals surface area contributed by atoms with E-state index in [-0.39, 0.29) is 17.6 Å². The second-order valence-corrected chi connectivity index (χ2v) is 9.78. The van der Waals surface area contributed by atoms with E-state index in [1.165, 1.54) is 19.9 Å². The van der Waals surface area contributed by atoms with Crippen LogP contribution < -0.4 is 21.5 Å². The number of hydrogen-bond acceptors (Lipinski definition) is 6. The van der Waals surface area contributed by atoms with Gasteiger partial charge in [0.25, 0.3) is 11.5 Å². The van der Waals surface area contributed by atoms with Crippen molar-refractivity contribution >= 4 is 28.3 Å². The Morgan fingerprint density at radius 1 is 1.11 bits per heavy atom. The summed E-state index contributed by atoms with van der Waals surface area (Å²) < 4.78 is 45.7. The van der Waals surface area contributed by atoms with Crippen LogP contribution in [-0.2, 0) is 12.7 Å². The minimum absolute atomic E-state index is 0.0875. The lowest BCUT2D eigenvalue weighted by atomic mass is 10.1. The van der Waals surface area contributed by atoms with Crippen molar-refractivity contribution in [1.29, 1.82) is 0 Å². The van der Waals surface area contributed by atoms with Gasteiger partial charge in [-0.2, -0.15) is 9.78 Å². The molecule has 2 aromatic heterocycles. The molecule has 1 saturated heterocycles. The van der Waals surface area contributed by atoms with Crippen LogP contribution in [0.15, 0.2) is 47.3 Å². The summed E-state index contributed by atoms with van der Waals surface area (Å²) in [4.78, 5) is 32.2. The van der Waals surface area contributed by atoms with Crippen molar-refractivity contribution in [1.82, 2.24) is 19.3 Å². The number of carbonyl (C=O) groups is 1. The summed E-state index contributed by atoms with van der Waals surface area (Å²) in [6.45, 7) is 3.94. The van der Waals surface area contributed by atoms with Crippen molar-refractivity contribution < 1.29 is 18.0 Å². The molecule has 5 rings (SSSR count). The second-order valence-electron chi connectivity index (χ2n) is 9.78. The molecule has 2 aromatic carbocycles.